The molecule has 0 atom stereocenters. The zero-order chi connectivity index (χ0) is 8.10. The largest absolute Gasteiger partial charge is 0.493 e. The highest BCUT2D eigenvalue weighted by molar-refractivity contribution is 5.85. The molecule has 0 aromatic rings. The predicted molar refractivity (Wildman–Crippen MR) is 36.6 cm³/mol. The molecule has 0 spiro atoms. The van der Waals surface area contributed by atoms with Crippen LogP contribution < -0.4 is 0 Å². The third-order valence-corrected chi connectivity index (χ3v) is 1.13. The topological polar surface area (TPSA) is 44.8 Å². The molecule has 0 saturated carbocycles. The molecule has 1 aliphatic rings. The molecule has 0 saturated heterocycles. The Morgan fingerprint density at radius 2 is 2.55 bits per heavy atom. The summed E-state index contributed by atoms with van der Waals surface area (Å²) < 4.78 is 14.5. The molecule has 1 rings (SSSR count). The van der Waals surface area contributed by atoms with Gasteiger partial charge >= 0.3 is 5.97 Å². The summed E-state index contributed by atoms with van der Waals surface area (Å²) in [6, 6.07) is 0. The average Bonchev–Trinajstić information content (AvgIpc) is 2.07. The minimum Gasteiger partial charge on any atom is -0.493 e. The maximum atomic E-state index is 10.9. The quantitative estimate of drug-likeness (QED) is 0.547. The van der Waals surface area contributed by atoms with E-state index in [1.165, 1.54) is 6.26 Å². The molecular formula is C7H10O4. The lowest BCUT2D eigenvalue weighted by Gasteiger charge is -2.13. The van der Waals surface area contributed by atoms with E-state index in [1.807, 2.05) is 0 Å². The molecule has 0 fully saturated rings. The van der Waals surface area contributed by atoms with Crippen LogP contribution >= 0.6 is 0 Å². The molecule has 62 valence electrons. The van der Waals surface area contributed by atoms with Crippen molar-refractivity contribution in [3.05, 3.63) is 12.0 Å². The van der Waals surface area contributed by atoms with E-state index in [1.54, 1.807) is 6.92 Å². The fourth-order valence-corrected chi connectivity index (χ4v) is 0.678. The van der Waals surface area contributed by atoms with Crippen molar-refractivity contribution in [2.75, 3.05) is 19.8 Å². The average molecular weight is 158 g/mol. The number of carbonyl (C=O) groups is 1. The second-order valence-corrected chi connectivity index (χ2v) is 1.92. The standard InChI is InChI=1S/C7H10O4/c1-2-10-7(8)6-5-9-3-4-11-6/h5H,2-4H2,1H3. The van der Waals surface area contributed by atoms with Gasteiger partial charge in [-0.05, 0) is 6.92 Å². The Balaban J connectivity index is 2.44. The van der Waals surface area contributed by atoms with Crippen LogP contribution in [0.15, 0.2) is 12.0 Å². The van der Waals surface area contributed by atoms with Gasteiger partial charge in [-0.2, -0.15) is 0 Å². The maximum Gasteiger partial charge on any atom is 0.376 e. The summed E-state index contributed by atoms with van der Waals surface area (Å²) in [5, 5.41) is 0. The Morgan fingerprint density at radius 1 is 1.73 bits per heavy atom. The maximum absolute atomic E-state index is 10.9. The predicted octanol–water partition coefficient (Wildman–Crippen LogP) is 0.438. The first kappa shape index (κ1) is 7.91. The third-order valence-electron chi connectivity index (χ3n) is 1.13. The van der Waals surface area contributed by atoms with Crippen molar-refractivity contribution in [1.82, 2.24) is 0 Å². The fourth-order valence-electron chi connectivity index (χ4n) is 0.678. The number of hydrogen-bond donors (Lipinski definition) is 0. The van der Waals surface area contributed by atoms with Gasteiger partial charge < -0.3 is 14.2 Å². The molecule has 0 aromatic heterocycles. The van der Waals surface area contributed by atoms with Gasteiger partial charge in [-0.3, -0.25) is 0 Å². The molecule has 0 unspecified atom stereocenters. The zero-order valence-electron chi connectivity index (χ0n) is 6.33. The van der Waals surface area contributed by atoms with E-state index in [0.29, 0.717) is 19.8 Å². The number of carbonyl (C=O) groups excluding carboxylic acids is 1. The molecule has 0 aliphatic carbocycles. The Morgan fingerprint density at radius 3 is 3.09 bits per heavy atom. The van der Waals surface area contributed by atoms with Gasteiger partial charge in [-0.25, -0.2) is 4.79 Å². The summed E-state index contributed by atoms with van der Waals surface area (Å²) in [6.07, 6.45) is 1.28. The SMILES string of the molecule is CCOC(=O)C1=COCCO1. The van der Waals surface area contributed by atoms with Gasteiger partial charge in [0.1, 0.15) is 19.5 Å². The normalized spacial score (nSPS) is 15.9. The summed E-state index contributed by atoms with van der Waals surface area (Å²) in [7, 11) is 0. The number of rotatable bonds is 2. The molecular weight excluding hydrogens is 148 g/mol. The minimum atomic E-state index is -0.466. The van der Waals surface area contributed by atoms with Crippen molar-refractivity contribution in [2.45, 2.75) is 6.92 Å². The second kappa shape index (κ2) is 3.85. The highest BCUT2D eigenvalue weighted by Gasteiger charge is 2.15. The summed E-state index contributed by atoms with van der Waals surface area (Å²) in [5.74, 6) is -0.315. The lowest BCUT2D eigenvalue weighted by molar-refractivity contribution is -0.144. The Kier molecular flexibility index (Phi) is 2.77. The minimum absolute atomic E-state index is 0.151. The van der Waals surface area contributed by atoms with Crippen LogP contribution in [0.1, 0.15) is 6.92 Å². The van der Waals surface area contributed by atoms with Crippen LogP contribution in [0.5, 0.6) is 0 Å². The van der Waals surface area contributed by atoms with Crippen LogP contribution in [0.3, 0.4) is 0 Å². The molecule has 11 heavy (non-hydrogen) atoms. The van der Waals surface area contributed by atoms with E-state index in [4.69, 9.17) is 9.47 Å². The fraction of sp³-hybridized carbons (Fsp3) is 0.571. The molecule has 1 aliphatic heterocycles. The van der Waals surface area contributed by atoms with Crippen LogP contribution in [0.2, 0.25) is 0 Å². The van der Waals surface area contributed by atoms with Gasteiger partial charge in [-0.15, -0.1) is 0 Å². The van der Waals surface area contributed by atoms with Gasteiger partial charge in [0.05, 0.1) is 6.61 Å². The van der Waals surface area contributed by atoms with Gasteiger partial charge in [-0.1, -0.05) is 0 Å². The van der Waals surface area contributed by atoms with E-state index < -0.39 is 5.97 Å². The van der Waals surface area contributed by atoms with E-state index in [0.717, 1.165) is 0 Å². The van der Waals surface area contributed by atoms with E-state index in [9.17, 15) is 4.79 Å². The van der Waals surface area contributed by atoms with Gasteiger partial charge in [0.15, 0.2) is 0 Å². The molecule has 0 radical (unpaired) electrons. The Hall–Kier alpha value is -1.19. The molecule has 1 heterocycles. The smallest absolute Gasteiger partial charge is 0.376 e. The van der Waals surface area contributed by atoms with Crippen LogP contribution in [0.4, 0.5) is 0 Å². The summed E-state index contributed by atoms with van der Waals surface area (Å²) >= 11 is 0. The lowest BCUT2D eigenvalue weighted by Crippen LogP contribution is -2.17. The van der Waals surface area contributed by atoms with Crippen molar-refractivity contribution >= 4 is 5.97 Å². The molecule has 0 amide bonds. The highest BCUT2D eigenvalue weighted by Crippen LogP contribution is 2.05. The lowest BCUT2D eigenvalue weighted by atomic mass is 10.5. The molecule has 4 nitrogen and oxygen atoms in total. The van der Waals surface area contributed by atoms with Crippen LogP contribution in [0, 0.1) is 0 Å². The first-order chi connectivity index (χ1) is 5.34. The van der Waals surface area contributed by atoms with Crippen molar-refractivity contribution < 1.29 is 19.0 Å². The number of esters is 1. The molecule has 0 bridgehead atoms. The van der Waals surface area contributed by atoms with Crippen molar-refractivity contribution in [2.24, 2.45) is 0 Å². The second-order valence-electron chi connectivity index (χ2n) is 1.92. The highest BCUT2D eigenvalue weighted by atomic mass is 16.6. The first-order valence-electron chi connectivity index (χ1n) is 3.46. The van der Waals surface area contributed by atoms with Crippen LogP contribution in [-0.2, 0) is 19.0 Å². The number of ether oxygens (including phenoxy) is 3. The van der Waals surface area contributed by atoms with Crippen molar-refractivity contribution in [3.8, 4) is 0 Å². The summed E-state index contributed by atoms with van der Waals surface area (Å²) in [4.78, 5) is 10.9. The van der Waals surface area contributed by atoms with Gasteiger partial charge in [0, 0.05) is 0 Å². The van der Waals surface area contributed by atoms with Crippen molar-refractivity contribution in [1.29, 1.82) is 0 Å². The molecule has 0 N–H and O–H groups in total. The zero-order valence-corrected chi connectivity index (χ0v) is 6.33. The van der Waals surface area contributed by atoms with Crippen LogP contribution in [0.25, 0.3) is 0 Å². The molecule has 0 aromatic carbocycles. The third kappa shape index (κ3) is 2.14. The number of hydrogen-bond acceptors (Lipinski definition) is 4. The first-order valence-corrected chi connectivity index (χ1v) is 3.46. The van der Waals surface area contributed by atoms with Crippen molar-refractivity contribution in [3.63, 3.8) is 0 Å². The van der Waals surface area contributed by atoms with E-state index >= 15 is 0 Å². The van der Waals surface area contributed by atoms with E-state index in [-0.39, 0.29) is 5.76 Å². The Bertz CT molecular complexity index is 173. The molecule has 4 heteroatoms. The Labute approximate surface area is 64.7 Å². The summed E-state index contributed by atoms with van der Waals surface area (Å²) in [5.41, 5.74) is 0. The summed E-state index contributed by atoms with van der Waals surface area (Å²) in [6.45, 7) is 2.98. The van der Waals surface area contributed by atoms with Crippen LogP contribution in [-0.4, -0.2) is 25.8 Å². The van der Waals surface area contributed by atoms with E-state index in [2.05, 4.69) is 4.74 Å². The van der Waals surface area contributed by atoms with Gasteiger partial charge in [0.25, 0.3) is 0 Å². The van der Waals surface area contributed by atoms with Gasteiger partial charge in [0.2, 0.25) is 5.76 Å². The monoisotopic (exact) mass is 158 g/mol.